The van der Waals surface area contributed by atoms with E-state index in [4.69, 9.17) is 4.84 Å². The van der Waals surface area contributed by atoms with E-state index in [-0.39, 0.29) is 17.1 Å². The molecule has 226 valence electrons. The van der Waals surface area contributed by atoms with Crippen molar-refractivity contribution in [3.63, 3.8) is 0 Å². The van der Waals surface area contributed by atoms with Crippen LogP contribution in [0.15, 0.2) is 96.3 Å². The highest BCUT2D eigenvalue weighted by Crippen LogP contribution is 2.28. The fourth-order valence-electron chi connectivity index (χ4n) is 5.42. The average Bonchev–Trinajstić information content (AvgIpc) is 3.71. The number of rotatable bonds is 12. The number of benzene rings is 3. The van der Waals surface area contributed by atoms with Crippen molar-refractivity contribution in [3.8, 4) is 11.3 Å². The van der Waals surface area contributed by atoms with Gasteiger partial charge >= 0.3 is 6.47 Å². The van der Waals surface area contributed by atoms with Gasteiger partial charge in [0.05, 0.1) is 16.3 Å². The molecule has 0 spiro atoms. The molecule has 1 aliphatic heterocycles. The predicted octanol–water partition coefficient (Wildman–Crippen LogP) is 5.75. The molecule has 0 atom stereocenters. The number of hydrogen-bond acceptors (Lipinski definition) is 8. The Labute approximate surface area is 254 Å². The fraction of sp³-hybridized carbons (Fsp3) is 0.219. The Hall–Kier alpha value is -4.81. The van der Waals surface area contributed by atoms with Gasteiger partial charge in [0, 0.05) is 41.0 Å². The molecule has 1 saturated heterocycles. The normalized spacial score (nSPS) is 13.7. The van der Waals surface area contributed by atoms with Crippen molar-refractivity contribution < 1.29 is 22.4 Å². The summed E-state index contributed by atoms with van der Waals surface area (Å²) in [7, 11) is -4.29. The largest absolute Gasteiger partial charge is 0.347 e. The molecule has 0 unspecified atom stereocenters. The molecule has 0 aliphatic carbocycles. The number of anilines is 3. The van der Waals surface area contributed by atoms with Gasteiger partial charge in [-0.15, -0.1) is 0 Å². The number of fused-ring (bicyclic) bond motifs is 1. The molecular weight excluding hydrogens is 583 g/mol. The Morgan fingerprint density at radius 1 is 0.932 bits per heavy atom. The second-order valence-corrected chi connectivity index (χ2v) is 12.3. The van der Waals surface area contributed by atoms with E-state index < -0.39 is 15.8 Å². The minimum Gasteiger partial charge on any atom is -0.347 e. The summed E-state index contributed by atoms with van der Waals surface area (Å²) in [4.78, 5) is 27.0. The third kappa shape index (κ3) is 6.41. The summed E-state index contributed by atoms with van der Waals surface area (Å²) in [6.45, 7) is 4.57. The lowest BCUT2D eigenvalue weighted by Crippen LogP contribution is -2.30. The molecule has 6 rings (SSSR count). The molecule has 5 aromatic rings. The topological polar surface area (TPSA) is 110 Å². The van der Waals surface area contributed by atoms with Gasteiger partial charge in [-0.2, -0.15) is 8.42 Å². The first-order chi connectivity index (χ1) is 21.4. The third-order valence-corrected chi connectivity index (χ3v) is 9.23. The minimum absolute atomic E-state index is 0.0114. The summed E-state index contributed by atoms with van der Waals surface area (Å²) in [6.07, 6.45) is 7.37. The van der Waals surface area contributed by atoms with Gasteiger partial charge in [0.25, 0.3) is 10.0 Å². The standard InChI is InChI=1S/C32H31FN6O4S/c33-26-5-11-29(12-6-26)44(41,42)39(43-23-40)28-9-7-27(8-10-28)36-32-21-30(34-22-35-32)24-4-13-31-25(20-24)14-19-38(31)18-3-17-37-15-1-2-16-37/h4-14,19-23H,1-3,15-18H2,(H,34,35,36). The number of halogens is 1. The second-order valence-electron chi connectivity index (χ2n) is 10.5. The van der Waals surface area contributed by atoms with Gasteiger partial charge in [0.2, 0.25) is 0 Å². The summed E-state index contributed by atoms with van der Waals surface area (Å²) in [5.41, 5.74) is 3.59. The van der Waals surface area contributed by atoms with Gasteiger partial charge in [0.15, 0.2) is 0 Å². The molecule has 1 N–H and O–H groups in total. The highest BCUT2D eigenvalue weighted by Gasteiger charge is 2.27. The highest BCUT2D eigenvalue weighted by molar-refractivity contribution is 7.92. The second kappa shape index (κ2) is 12.8. The average molecular weight is 615 g/mol. The highest BCUT2D eigenvalue weighted by atomic mass is 32.2. The maximum Gasteiger partial charge on any atom is 0.322 e. The van der Waals surface area contributed by atoms with Gasteiger partial charge in [0.1, 0.15) is 18.0 Å². The van der Waals surface area contributed by atoms with Crippen LogP contribution < -0.4 is 9.79 Å². The lowest BCUT2D eigenvalue weighted by Gasteiger charge is -2.21. The molecule has 1 aliphatic rings. The molecule has 0 amide bonds. The summed E-state index contributed by atoms with van der Waals surface area (Å²) in [6, 6.07) is 20.7. The van der Waals surface area contributed by atoms with E-state index in [9.17, 15) is 17.6 Å². The minimum atomic E-state index is -4.29. The van der Waals surface area contributed by atoms with Crippen LogP contribution >= 0.6 is 0 Å². The van der Waals surface area contributed by atoms with Gasteiger partial charge in [-0.1, -0.05) is 10.5 Å². The number of carbonyl (C=O) groups is 1. The molecule has 3 aromatic carbocycles. The number of nitrogens with zero attached hydrogens (tertiary/aromatic N) is 5. The van der Waals surface area contributed by atoms with Crippen LogP contribution in [-0.4, -0.2) is 54.0 Å². The van der Waals surface area contributed by atoms with Crippen molar-refractivity contribution >= 4 is 44.6 Å². The Balaban J connectivity index is 1.15. The number of carbonyl (C=O) groups excluding carboxylic acids is 1. The first-order valence-corrected chi connectivity index (χ1v) is 15.8. The molecular formula is C32H31FN6O4S. The number of nitrogens with one attached hydrogen (secondary N) is 1. The smallest absolute Gasteiger partial charge is 0.322 e. The first kappa shape index (κ1) is 29.3. The molecule has 10 nitrogen and oxygen atoms in total. The van der Waals surface area contributed by atoms with E-state index in [2.05, 4.69) is 55.2 Å². The predicted molar refractivity (Wildman–Crippen MR) is 166 cm³/mol. The van der Waals surface area contributed by atoms with Gasteiger partial charge < -0.3 is 19.6 Å². The van der Waals surface area contributed by atoms with Gasteiger partial charge in [-0.3, -0.25) is 4.79 Å². The molecule has 2 aromatic heterocycles. The number of aromatic nitrogens is 3. The zero-order valence-electron chi connectivity index (χ0n) is 23.8. The van der Waals surface area contributed by atoms with E-state index >= 15 is 0 Å². The van der Waals surface area contributed by atoms with E-state index in [0.717, 1.165) is 60.4 Å². The van der Waals surface area contributed by atoms with Crippen LogP contribution in [0.1, 0.15) is 19.3 Å². The van der Waals surface area contributed by atoms with Crippen molar-refractivity contribution in [3.05, 3.63) is 97.2 Å². The number of likely N-dealkylation sites (tertiary alicyclic amines) is 1. The number of aryl methyl sites for hydroxylation is 1. The van der Waals surface area contributed by atoms with Crippen LogP contribution in [0.2, 0.25) is 0 Å². The SMILES string of the molecule is O=CON(c1ccc(Nc2cc(-c3ccc4c(ccn4CCCN4CCCC4)c3)ncn2)cc1)S(=O)(=O)c1ccc(F)cc1. The van der Waals surface area contributed by atoms with Gasteiger partial charge in [-0.05, 0) is 106 Å². The van der Waals surface area contributed by atoms with E-state index in [0.29, 0.717) is 16.0 Å². The summed E-state index contributed by atoms with van der Waals surface area (Å²) in [5.74, 6) is -0.0457. The van der Waals surface area contributed by atoms with E-state index in [1.54, 1.807) is 12.1 Å². The van der Waals surface area contributed by atoms with E-state index in [1.165, 1.54) is 49.9 Å². The summed E-state index contributed by atoms with van der Waals surface area (Å²) < 4.78 is 42.2. The van der Waals surface area contributed by atoms with Crippen LogP contribution in [0.4, 0.5) is 21.6 Å². The van der Waals surface area contributed by atoms with Crippen molar-refractivity contribution in [1.82, 2.24) is 19.4 Å². The molecule has 0 radical (unpaired) electrons. The number of sulfonamides is 1. The van der Waals surface area contributed by atoms with Crippen molar-refractivity contribution in [1.29, 1.82) is 0 Å². The van der Waals surface area contributed by atoms with Crippen molar-refractivity contribution in [2.45, 2.75) is 30.7 Å². The number of hydrogen-bond donors (Lipinski definition) is 1. The lowest BCUT2D eigenvalue weighted by molar-refractivity contribution is -0.128. The summed E-state index contributed by atoms with van der Waals surface area (Å²) >= 11 is 0. The fourth-order valence-corrected chi connectivity index (χ4v) is 6.64. The quantitative estimate of drug-likeness (QED) is 0.140. The van der Waals surface area contributed by atoms with Crippen molar-refractivity contribution in [2.75, 3.05) is 29.4 Å². The van der Waals surface area contributed by atoms with E-state index in [1.807, 2.05) is 6.07 Å². The van der Waals surface area contributed by atoms with Crippen molar-refractivity contribution in [2.24, 2.45) is 0 Å². The monoisotopic (exact) mass is 614 g/mol. The molecule has 0 bridgehead atoms. The van der Waals surface area contributed by atoms with Crippen LogP contribution in [-0.2, 0) is 26.2 Å². The van der Waals surface area contributed by atoms with Gasteiger partial charge in [-0.25, -0.2) is 14.4 Å². The Kier molecular flexibility index (Phi) is 8.53. The zero-order chi connectivity index (χ0) is 30.5. The first-order valence-electron chi connectivity index (χ1n) is 14.3. The molecule has 44 heavy (non-hydrogen) atoms. The van der Waals surface area contributed by atoms with Crippen LogP contribution in [0.3, 0.4) is 0 Å². The Morgan fingerprint density at radius 3 is 2.45 bits per heavy atom. The molecule has 12 heteroatoms. The molecule has 1 fully saturated rings. The van der Waals surface area contributed by atoms with Crippen LogP contribution in [0.5, 0.6) is 0 Å². The lowest BCUT2D eigenvalue weighted by atomic mass is 10.1. The maximum atomic E-state index is 13.3. The molecule has 0 saturated carbocycles. The van der Waals surface area contributed by atoms with Crippen LogP contribution in [0.25, 0.3) is 22.2 Å². The Morgan fingerprint density at radius 2 is 1.70 bits per heavy atom. The summed E-state index contributed by atoms with van der Waals surface area (Å²) in [5, 5.41) is 4.34. The Bertz CT molecular complexity index is 1860. The zero-order valence-corrected chi connectivity index (χ0v) is 24.7. The maximum absolute atomic E-state index is 13.3. The molecule has 3 heterocycles. The van der Waals surface area contributed by atoms with Crippen LogP contribution in [0, 0.1) is 5.82 Å². The third-order valence-electron chi connectivity index (χ3n) is 7.62.